The number of hydrogen-bond acceptors (Lipinski definition) is 3. The fourth-order valence-corrected chi connectivity index (χ4v) is 2.51. The van der Waals surface area contributed by atoms with E-state index in [9.17, 15) is 4.39 Å². The van der Waals surface area contributed by atoms with Crippen molar-refractivity contribution in [3.8, 4) is 11.5 Å². The Bertz CT molecular complexity index is 644. The molecule has 2 aromatic rings. The van der Waals surface area contributed by atoms with Gasteiger partial charge in [-0.3, -0.25) is 0 Å². The zero-order valence-electron chi connectivity index (χ0n) is 14.1. The van der Waals surface area contributed by atoms with Gasteiger partial charge in [0.05, 0.1) is 12.1 Å². The lowest BCUT2D eigenvalue weighted by atomic mass is 10.2. The van der Waals surface area contributed by atoms with Gasteiger partial charge < -0.3 is 14.8 Å². The Morgan fingerprint density at radius 1 is 1.17 bits per heavy atom. The molecule has 0 heterocycles. The molecule has 0 unspecified atom stereocenters. The molecule has 0 aromatic heterocycles. The van der Waals surface area contributed by atoms with Crippen LogP contribution >= 0.6 is 11.6 Å². The molecule has 0 amide bonds. The summed E-state index contributed by atoms with van der Waals surface area (Å²) in [4.78, 5) is 0. The lowest BCUT2D eigenvalue weighted by Crippen LogP contribution is -2.14. The standard InChI is InChI=1S/C19H23ClFNO2/c1-3-4-10-22-12-14-8-9-18(19(11-14)23-2)24-13-15-16(20)6-5-7-17(15)21/h5-9,11,22H,3-4,10,12-13H2,1-2H3. The van der Waals surface area contributed by atoms with Crippen molar-refractivity contribution in [3.63, 3.8) is 0 Å². The molecule has 1 N–H and O–H groups in total. The normalized spacial score (nSPS) is 10.7. The Morgan fingerprint density at radius 2 is 2.00 bits per heavy atom. The summed E-state index contributed by atoms with van der Waals surface area (Å²) >= 11 is 6.02. The van der Waals surface area contributed by atoms with Gasteiger partial charge in [-0.1, -0.05) is 37.1 Å². The molecular formula is C19H23ClFNO2. The maximum atomic E-state index is 13.8. The molecule has 0 saturated heterocycles. The van der Waals surface area contributed by atoms with E-state index in [-0.39, 0.29) is 12.4 Å². The van der Waals surface area contributed by atoms with Crippen molar-refractivity contribution >= 4 is 11.6 Å². The van der Waals surface area contributed by atoms with E-state index in [0.717, 1.165) is 25.1 Å². The Kier molecular flexibility index (Phi) is 7.35. The first-order valence-corrected chi connectivity index (χ1v) is 8.46. The first kappa shape index (κ1) is 18.6. The molecule has 3 nitrogen and oxygen atoms in total. The van der Waals surface area contributed by atoms with E-state index >= 15 is 0 Å². The monoisotopic (exact) mass is 351 g/mol. The van der Waals surface area contributed by atoms with Gasteiger partial charge in [0.25, 0.3) is 0 Å². The van der Waals surface area contributed by atoms with Crippen LogP contribution in [0.15, 0.2) is 36.4 Å². The van der Waals surface area contributed by atoms with Crippen molar-refractivity contribution in [2.45, 2.75) is 32.9 Å². The molecule has 0 aliphatic heterocycles. The summed E-state index contributed by atoms with van der Waals surface area (Å²) in [6, 6.07) is 10.3. The SMILES string of the molecule is CCCCNCc1ccc(OCc2c(F)cccc2Cl)c(OC)c1. The Balaban J connectivity index is 2.02. The van der Waals surface area contributed by atoms with Gasteiger partial charge in [-0.2, -0.15) is 0 Å². The Labute approximate surface area is 147 Å². The summed E-state index contributed by atoms with van der Waals surface area (Å²) in [6.45, 7) is 3.98. The van der Waals surface area contributed by atoms with Crippen LogP contribution < -0.4 is 14.8 Å². The number of unbranched alkanes of at least 4 members (excludes halogenated alkanes) is 1. The highest BCUT2D eigenvalue weighted by Gasteiger charge is 2.10. The number of halogens is 2. The molecule has 5 heteroatoms. The van der Waals surface area contributed by atoms with Crippen LogP contribution in [0.25, 0.3) is 0 Å². The van der Waals surface area contributed by atoms with Crippen LogP contribution in [0.3, 0.4) is 0 Å². The second-order valence-electron chi connectivity index (χ2n) is 5.50. The van der Waals surface area contributed by atoms with E-state index in [0.29, 0.717) is 22.1 Å². The number of hydrogen-bond donors (Lipinski definition) is 1. The summed E-state index contributed by atoms with van der Waals surface area (Å²) < 4.78 is 24.9. The van der Waals surface area contributed by atoms with Crippen LogP contribution in [0.5, 0.6) is 11.5 Å². The van der Waals surface area contributed by atoms with E-state index in [1.54, 1.807) is 19.2 Å². The topological polar surface area (TPSA) is 30.5 Å². The van der Waals surface area contributed by atoms with E-state index in [2.05, 4.69) is 12.2 Å². The summed E-state index contributed by atoms with van der Waals surface area (Å²) in [5.74, 6) is 0.810. The van der Waals surface area contributed by atoms with Gasteiger partial charge >= 0.3 is 0 Å². The maximum absolute atomic E-state index is 13.8. The molecule has 2 rings (SSSR count). The van der Waals surface area contributed by atoms with Crippen LogP contribution in [0.4, 0.5) is 4.39 Å². The lowest BCUT2D eigenvalue weighted by Gasteiger charge is -2.13. The van der Waals surface area contributed by atoms with Crippen LogP contribution in [0, 0.1) is 5.82 Å². The Morgan fingerprint density at radius 3 is 2.71 bits per heavy atom. The third-order valence-corrected chi connectivity index (χ3v) is 4.05. The molecule has 0 aliphatic rings. The second kappa shape index (κ2) is 9.50. The number of methoxy groups -OCH3 is 1. The molecule has 0 radical (unpaired) electrons. The lowest BCUT2D eigenvalue weighted by molar-refractivity contribution is 0.279. The number of benzene rings is 2. The predicted octanol–water partition coefficient (Wildman–Crippen LogP) is 4.96. The fraction of sp³-hybridized carbons (Fsp3) is 0.368. The highest BCUT2D eigenvalue weighted by molar-refractivity contribution is 6.31. The molecule has 0 fully saturated rings. The summed E-state index contributed by atoms with van der Waals surface area (Å²) in [7, 11) is 1.59. The maximum Gasteiger partial charge on any atom is 0.161 e. The zero-order chi connectivity index (χ0) is 17.4. The highest BCUT2D eigenvalue weighted by Crippen LogP contribution is 2.30. The molecule has 0 atom stereocenters. The third-order valence-electron chi connectivity index (χ3n) is 3.70. The van der Waals surface area contributed by atoms with Gasteiger partial charge in [0.1, 0.15) is 12.4 Å². The first-order valence-electron chi connectivity index (χ1n) is 8.09. The fourth-order valence-electron chi connectivity index (χ4n) is 2.30. The van der Waals surface area contributed by atoms with Gasteiger partial charge in [0.2, 0.25) is 0 Å². The Hall–Kier alpha value is -1.78. The molecule has 130 valence electrons. The summed E-state index contributed by atoms with van der Waals surface area (Å²) in [5, 5.41) is 3.74. The van der Waals surface area contributed by atoms with Crippen molar-refractivity contribution < 1.29 is 13.9 Å². The predicted molar refractivity (Wildman–Crippen MR) is 95.4 cm³/mol. The largest absolute Gasteiger partial charge is 0.493 e. The van der Waals surface area contributed by atoms with Crippen LogP contribution in [-0.2, 0) is 13.2 Å². The summed E-state index contributed by atoms with van der Waals surface area (Å²) in [6.07, 6.45) is 2.32. The minimum Gasteiger partial charge on any atom is -0.493 e. The van der Waals surface area contributed by atoms with E-state index in [1.165, 1.54) is 12.5 Å². The molecular weight excluding hydrogens is 329 g/mol. The van der Waals surface area contributed by atoms with Gasteiger partial charge in [-0.25, -0.2) is 4.39 Å². The van der Waals surface area contributed by atoms with Crippen molar-refractivity contribution in [2.75, 3.05) is 13.7 Å². The van der Waals surface area contributed by atoms with Crippen molar-refractivity contribution in [3.05, 3.63) is 58.4 Å². The third kappa shape index (κ3) is 5.11. The molecule has 24 heavy (non-hydrogen) atoms. The average molecular weight is 352 g/mol. The average Bonchev–Trinajstić information content (AvgIpc) is 2.59. The molecule has 0 aliphatic carbocycles. The number of nitrogens with one attached hydrogen (secondary N) is 1. The first-order chi connectivity index (χ1) is 11.7. The van der Waals surface area contributed by atoms with Crippen LogP contribution in [-0.4, -0.2) is 13.7 Å². The van der Waals surface area contributed by atoms with E-state index in [1.807, 2.05) is 18.2 Å². The van der Waals surface area contributed by atoms with Gasteiger partial charge in [-0.15, -0.1) is 0 Å². The molecule has 2 aromatic carbocycles. The number of rotatable bonds is 9. The van der Waals surface area contributed by atoms with Crippen molar-refractivity contribution in [2.24, 2.45) is 0 Å². The van der Waals surface area contributed by atoms with Crippen molar-refractivity contribution in [1.29, 1.82) is 0 Å². The summed E-state index contributed by atoms with van der Waals surface area (Å²) in [5.41, 5.74) is 1.45. The number of ether oxygens (including phenoxy) is 2. The van der Waals surface area contributed by atoms with Gasteiger partial charge in [-0.05, 0) is 42.8 Å². The zero-order valence-corrected chi connectivity index (χ0v) is 14.8. The van der Waals surface area contributed by atoms with Crippen molar-refractivity contribution in [1.82, 2.24) is 5.32 Å². The minimum absolute atomic E-state index is 0.0516. The second-order valence-corrected chi connectivity index (χ2v) is 5.91. The van der Waals surface area contributed by atoms with E-state index < -0.39 is 0 Å². The smallest absolute Gasteiger partial charge is 0.161 e. The quantitative estimate of drug-likeness (QED) is 0.648. The van der Waals surface area contributed by atoms with Crippen LogP contribution in [0.2, 0.25) is 5.02 Å². The minimum atomic E-state index is -0.377. The van der Waals surface area contributed by atoms with Gasteiger partial charge in [0.15, 0.2) is 11.5 Å². The molecule has 0 bridgehead atoms. The highest BCUT2D eigenvalue weighted by atomic mass is 35.5. The van der Waals surface area contributed by atoms with E-state index in [4.69, 9.17) is 21.1 Å². The van der Waals surface area contributed by atoms with Gasteiger partial charge in [0, 0.05) is 12.1 Å². The molecule has 0 spiro atoms. The molecule has 0 saturated carbocycles. The van der Waals surface area contributed by atoms with Crippen LogP contribution in [0.1, 0.15) is 30.9 Å².